The van der Waals surface area contributed by atoms with Crippen LogP contribution >= 0.6 is 11.6 Å². The zero-order chi connectivity index (χ0) is 28.0. The number of hydrogen-bond donors (Lipinski definition) is 1. The van der Waals surface area contributed by atoms with Crippen LogP contribution in [-0.4, -0.2) is 60.7 Å². The average molecular weight is 561 g/mol. The Balaban J connectivity index is 2.51. The van der Waals surface area contributed by atoms with Crippen LogP contribution in [0.1, 0.15) is 39.0 Å². The van der Waals surface area contributed by atoms with Gasteiger partial charge in [-0.25, -0.2) is 18.2 Å². The van der Waals surface area contributed by atoms with Crippen molar-refractivity contribution < 1.29 is 45.1 Å². The van der Waals surface area contributed by atoms with E-state index >= 15 is 0 Å². The Labute approximate surface area is 212 Å². The second-order valence-electron chi connectivity index (χ2n) is 8.45. The van der Waals surface area contributed by atoms with E-state index in [1.165, 1.54) is 7.05 Å². The van der Waals surface area contributed by atoms with E-state index in [4.69, 9.17) is 11.6 Å². The fourth-order valence-electron chi connectivity index (χ4n) is 3.79. The van der Waals surface area contributed by atoms with Crippen molar-refractivity contribution in [3.8, 4) is 5.75 Å². The number of nitrogens with one attached hydrogen (secondary N) is 1. The van der Waals surface area contributed by atoms with Crippen LogP contribution in [0.25, 0.3) is 0 Å². The Morgan fingerprint density at radius 2 is 1.81 bits per heavy atom. The number of aliphatic imine (C=N–C) groups is 2. The summed E-state index contributed by atoms with van der Waals surface area (Å²) in [7, 11) is 1.28. The van der Waals surface area contributed by atoms with Gasteiger partial charge in [0.1, 0.15) is 17.6 Å². The topological polar surface area (TPSA) is 83.4 Å². The third-order valence-electron chi connectivity index (χ3n) is 5.57. The molecule has 1 aliphatic rings. The summed E-state index contributed by atoms with van der Waals surface area (Å²) >= 11 is 5.35. The monoisotopic (exact) mass is 560 g/mol. The lowest BCUT2D eigenvalue weighted by Gasteiger charge is -2.41. The van der Waals surface area contributed by atoms with Gasteiger partial charge in [0, 0.05) is 31.6 Å². The largest absolute Gasteiger partial charge is 0.573 e. The highest BCUT2D eigenvalue weighted by Crippen LogP contribution is 2.35. The van der Waals surface area contributed by atoms with Gasteiger partial charge < -0.3 is 10.1 Å². The Morgan fingerprint density at radius 3 is 2.30 bits per heavy atom. The van der Waals surface area contributed by atoms with E-state index in [1.807, 2.05) is 0 Å². The predicted octanol–water partition coefficient (Wildman–Crippen LogP) is 5.32. The van der Waals surface area contributed by atoms with Crippen molar-refractivity contribution >= 4 is 41.4 Å². The van der Waals surface area contributed by atoms with Crippen molar-refractivity contribution in [2.45, 2.75) is 68.5 Å². The lowest BCUT2D eigenvalue weighted by Crippen LogP contribution is -2.62. The number of nitrogens with zero attached hydrogens (tertiary/aromatic N) is 3. The molecule has 0 unspecified atom stereocenters. The molecule has 1 aromatic carbocycles. The summed E-state index contributed by atoms with van der Waals surface area (Å²) in [6, 6.07) is 2.64. The van der Waals surface area contributed by atoms with Crippen LogP contribution in [0.5, 0.6) is 5.75 Å². The molecular formula is C22H24ClF7N4O3. The molecule has 7 nitrogen and oxygen atoms in total. The smallest absolute Gasteiger partial charge is 0.406 e. The van der Waals surface area contributed by atoms with Crippen LogP contribution in [0.15, 0.2) is 34.3 Å². The van der Waals surface area contributed by atoms with Crippen molar-refractivity contribution in [1.82, 2.24) is 5.32 Å². The molecule has 2 amide bonds. The molecule has 1 aromatic rings. The van der Waals surface area contributed by atoms with E-state index in [9.17, 15) is 40.3 Å². The molecule has 1 aliphatic carbocycles. The molecule has 15 heteroatoms. The summed E-state index contributed by atoms with van der Waals surface area (Å²) in [5.74, 6) is -7.39. The third-order valence-corrected chi connectivity index (χ3v) is 5.76. The summed E-state index contributed by atoms with van der Waals surface area (Å²) in [5, 5.41) is 2.48. The van der Waals surface area contributed by atoms with Crippen molar-refractivity contribution in [2.75, 3.05) is 11.9 Å². The van der Waals surface area contributed by atoms with Gasteiger partial charge >= 0.3 is 6.36 Å². The summed E-state index contributed by atoms with van der Waals surface area (Å²) in [5.41, 5.74) is -5.35. The molecule has 206 valence electrons. The molecular weight excluding hydrogens is 537 g/mol. The number of carbonyl (C=O) groups excluding carboxylic acids is 2. The van der Waals surface area contributed by atoms with Gasteiger partial charge in [0.05, 0.1) is 6.42 Å². The van der Waals surface area contributed by atoms with Gasteiger partial charge in [-0.15, -0.1) is 13.2 Å². The number of ether oxygens (including phenoxy) is 1. The zero-order valence-corrected chi connectivity index (χ0v) is 20.4. The van der Waals surface area contributed by atoms with Gasteiger partial charge in [0.2, 0.25) is 11.8 Å². The molecule has 1 fully saturated rings. The minimum absolute atomic E-state index is 0.119. The van der Waals surface area contributed by atoms with Crippen molar-refractivity contribution in [3.05, 3.63) is 24.3 Å². The lowest BCUT2D eigenvalue weighted by molar-refractivity contribution is -0.274. The minimum atomic E-state index is -5.02. The molecule has 0 aliphatic heterocycles. The number of halogens is 8. The van der Waals surface area contributed by atoms with Crippen LogP contribution in [0.3, 0.4) is 0 Å². The van der Waals surface area contributed by atoms with Crippen molar-refractivity contribution in [3.63, 3.8) is 0 Å². The van der Waals surface area contributed by atoms with Gasteiger partial charge in [-0.1, -0.05) is 11.6 Å². The predicted molar refractivity (Wildman–Crippen MR) is 123 cm³/mol. The Morgan fingerprint density at radius 1 is 1.24 bits per heavy atom. The highest BCUT2D eigenvalue weighted by atomic mass is 35.5. The Kier molecular flexibility index (Phi) is 9.91. The van der Waals surface area contributed by atoms with Gasteiger partial charge in [-0.3, -0.25) is 19.5 Å². The minimum Gasteiger partial charge on any atom is -0.406 e. The van der Waals surface area contributed by atoms with Gasteiger partial charge in [0.25, 0.3) is 11.5 Å². The molecule has 0 heterocycles. The van der Waals surface area contributed by atoms with E-state index in [1.54, 1.807) is 0 Å². The van der Waals surface area contributed by atoms with Gasteiger partial charge in [-0.2, -0.15) is 4.39 Å². The zero-order valence-electron chi connectivity index (χ0n) is 19.7. The molecule has 2 atom stereocenters. The first kappa shape index (κ1) is 30.3. The second-order valence-corrected chi connectivity index (χ2v) is 8.83. The van der Waals surface area contributed by atoms with E-state index in [-0.39, 0.29) is 18.5 Å². The van der Waals surface area contributed by atoms with Crippen LogP contribution in [0, 0.1) is 0 Å². The quantitative estimate of drug-likeness (QED) is 0.192. The summed E-state index contributed by atoms with van der Waals surface area (Å²) in [4.78, 5) is 33.6. The molecule has 0 bridgehead atoms. The van der Waals surface area contributed by atoms with Crippen LogP contribution in [0.2, 0.25) is 0 Å². The third kappa shape index (κ3) is 8.58. The molecule has 0 radical (unpaired) electrons. The van der Waals surface area contributed by atoms with Gasteiger partial charge in [-0.05, 0) is 44.0 Å². The van der Waals surface area contributed by atoms with Crippen molar-refractivity contribution in [2.24, 2.45) is 9.98 Å². The number of hydrogen-bond acceptors (Lipinski definition) is 4. The number of carbonyl (C=O) groups is 2. The molecule has 37 heavy (non-hydrogen) atoms. The fraction of sp³-hybridized carbons (Fsp3) is 0.545. The summed E-state index contributed by atoms with van der Waals surface area (Å²) in [6.07, 6.45) is -6.43. The maximum absolute atomic E-state index is 14.7. The molecule has 1 N–H and O–H groups in total. The van der Waals surface area contributed by atoms with E-state index in [2.05, 4.69) is 20.0 Å². The van der Waals surface area contributed by atoms with Gasteiger partial charge in [0.15, 0.2) is 5.97 Å². The molecule has 0 saturated heterocycles. The Hall–Kier alpha value is -2.90. The number of rotatable bonds is 9. The van der Waals surface area contributed by atoms with Crippen LogP contribution in [-0.2, 0) is 9.59 Å². The Bertz CT molecular complexity index is 1010. The van der Waals surface area contributed by atoms with Crippen LogP contribution < -0.4 is 15.0 Å². The van der Waals surface area contributed by atoms with E-state index in [0.717, 1.165) is 37.5 Å². The summed E-state index contributed by atoms with van der Waals surface area (Å²) in [6.45, 7) is 1.05. The number of alkyl halides is 7. The molecule has 1 saturated carbocycles. The highest BCUT2D eigenvalue weighted by Gasteiger charge is 2.47. The molecule has 0 spiro atoms. The number of anilines is 1. The first-order valence-corrected chi connectivity index (χ1v) is 11.3. The van der Waals surface area contributed by atoms with E-state index in [0.29, 0.717) is 4.90 Å². The first-order valence-electron chi connectivity index (χ1n) is 10.9. The lowest BCUT2D eigenvalue weighted by atomic mass is 9.89. The number of amides is 2. The van der Waals surface area contributed by atoms with E-state index < -0.39 is 72.3 Å². The van der Waals surface area contributed by atoms with Crippen LogP contribution in [0.4, 0.5) is 36.4 Å². The standard InChI is InChI=1S/C22H24ClF7N4O3/c1-20(11-16(24)32-12-31-2,19(36)33-13-7-9-21(26,27)10-8-13)34(18(35)17(23)25)14-3-5-15(6-4-14)37-22(28,29)30/h3-6,12-13,17H,7-11H2,1-2H3,(H,33,36)/b31-12-,32-16+/t17-,20-/m0/s1. The summed E-state index contributed by atoms with van der Waals surface area (Å²) < 4.78 is 97.2. The number of benzene rings is 1. The average Bonchev–Trinajstić information content (AvgIpc) is 2.79. The maximum Gasteiger partial charge on any atom is 0.573 e. The molecule has 2 rings (SSSR count). The second kappa shape index (κ2) is 12.1. The first-order chi connectivity index (χ1) is 17.1. The highest BCUT2D eigenvalue weighted by molar-refractivity contribution is 6.32. The maximum atomic E-state index is 14.7. The molecule has 0 aromatic heterocycles. The SMILES string of the molecule is C/N=C\N=C(\F)C[C@@](C)(C(=O)NC1CCC(F)(F)CC1)N(C(=O)[C@H](F)Cl)c1ccc(OC(F)(F)F)cc1. The normalized spacial score (nSPS) is 19.2. The van der Waals surface area contributed by atoms with Crippen molar-refractivity contribution in [1.29, 1.82) is 0 Å². The fourth-order valence-corrected chi connectivity index (χ4v) is 3.88.